The number of ether oxygens (including phenoxy) is 1. The summed E-state index contributed by atoms with van der Waals surface area (Å²) in [6, 6.07) is 14.9. The van der Waals surface area contributed by atoms with Crippen molar-refractivity contribution < 1.29 is 19.2 Å². The minimum Gasteiger partial charge on any atom is -0.481 e. The standard InChI is InChI=1S/C23H29N3O3/c1-4-18-9-11-19(12-10-18)29-17(2)22(27)24-21-8-6-5-7-20(21)23(28)26-15-13-25(3)14-16-26/h5-12,17H,4,13-16H2,1-3H3,(H,24,27)/p+1/t17-/m0/s1. The Morgan fingerprint density at radius 2 is 1.76 bits per heavy atom. The van der Waals surface area contributed by atoms with Crippen molar-refractivity contribution in [3.8, 4) is 5.75 Å². The average Bonchev–Trinajstić information content (AvgIpc) is 2.74. The number of aryl methyl sites for hydroxylation is 1. The number of nitrogens with zero attached hydrogens (tertiary/aromatic N) is 1. The number of quaternary nitrogens is 1. The number of amides is 2. The molecule has 0 unspecified atom stereocenters. The number of benzene rings is 2. The van der Waals surface area contributed by atoms with Gasteiger partial charge in [0.05, 0.1) is 44.5 Å². The van der Waals surface area contributed by atoms with Crippen LogP contribution in [0, 0.1) is 0 Å². The number of likely N-dealkylation sites (N-methyl/N-ethyl adjacent to an activating group) is 1. The highest BCUT2D eigenvalue weighted by atomic mass is 16.5. The zero-order valence-electron chi connectivity index (χ0n) is 17.4. The lowest BCUT2D eigenvalue weighted by atomic mass is 10.1. The number of anilines is 1. The summed E-state index contributed by atoms with van der Waals surface area (Å²) in [4.78, 5) is 28.9. The molecule has 1 saturated heterocycles. The molecular weight excluding hydrogens is 366 g/mol. The van der Waals surface area contributed by atoms with E-state index < -0.39 is 6.10 Å². The van der Waals surface area contributed by atoms with E-state index in [2.05, 4.69) is 19.3 Å². The van der Waals surface area contributed by atoms with E-state index in [0.29, 0.717) is 17.0 Å². The van der Waals surface area contributed by atoms with E-state index in [4.69, 9.17) is 4.74 Å². The highest BCUT2D eigenvalue weighted by Crippen LogP contribution is 2.19. The monoisotopic (exact) mass is 396 g/mol. The summed E-state index contributed by atoms with van der Waals surface area (Å²) in [6.07, 6.45) is 0.272. The second-order valence-corrected chi connectivity index (χ2v) is 7.54. The van der Waals surface area contributed by atoms with Gasteiger partial charge in [0, 0.05) is 0 Å². The molecule has 2 aromatic rings. The summed E-state index contributed by atoms with van der Waals surface area (Å²) in [5, 5.41) is 2.87. The van der Waals surface area contributed by atoms with Crippen molar-refractivity contribution in [1.82, 2.24) is 4.90 Å². The van der Waals surface area contributed by atoms with Gasteiger partial charge < -0.3 is 19.9 Å². The third-order valence-corrected chi connectivity index (χ3v) is 5.33. The molecule has 6 heteroatoms. The quantitative estimate of drug-likeness (QED) is 0.780. The summed E-state index contributed by atoms with van der Waals surface area (Å²) >= 11 is 0. The first-order valence-corrected chi connectivity index (χ1v) is 10.2. The van der Waals surface area contributed by atoms with Gasteiger partial charge in [-0.15, -0.1) is 0 Å². The van der Waals surface area contributed by atoms with Crippen LogP contribution < -0.4 is 15.0 Å². The van der Waals surface area contributed by atoms with Gasteiger partial charge in [0.25, 0.3) is 11.8 Å². The molecule has 3 rings (SSSR count). The maximum absolute atomic E-state index is 13.0. The topological polar surface area (TPSA) is 63.1 Å². The predicted octanol–water partition coefficient (Wildman–Crippen LogP) is 1.63. The van der Waals surface area contributed by atoms with E-state index in [9.17, 15) is 9.59 Å². The van der Waals surface area contributed by atoms with Crippen molar-refractivity contribution in [2.24, 2.45) is 0 Å². The Morgan fingerprint density at radius 3 is 2.41 bits per heavy atom. The molecule has 154 valence electrons. The molecule has 0 aliphatic carbocycles. The molecule has 0 radical (unpaired) electrons. The molecule has 2 aromatic carbocycles. The van der Waals surface area contributed by atoms with E-state index in [0.717, 1.165) is 32.6 Å². The van der Waals surface area contributed by atoms with Crippen molar-refractivity contribution in [2.75, 3.05) is 38.5 Å². The molecule has 0 saturated carbocycles. The van der Waals surface area contributed by atoms with Crippen LogP contribution >= 0.6 is 0 Å². The fourth-order valence-corrected chi connectivity index (χ4v) is 3.34. The fraction of sp³-hybridized carbons (Fsp3) is 0.391. The Hall–Kier alpha value is -2.86. The Labute approximate surface area is 172 Å². The number of piperazine rings is 1. The van der Waals surface area contributed by atoms with Crippen LogP contribution in [0.25, 0.3) is 0 Å². The first-order chi connectivity index (χ1) is 14.0. The fourth-order valence-electron chi connectivity index (χ4n) is 3.34. The van der Waals surface area contributed by atoms with Gasteiger partial charge >= 0.3 is 0 Å². The second kappa shape index (κ2) is 9.56. The average molecular weight is 397 g/mol. The van der Waals surface area contributed by atoms with Gasteiger partial charge in [-0.05, 0) is 43.2 Å². The third-order valence-electron chi connectivity index (χ3n) is 5.33. The van der Waals surface area contributed by atoms with Crippen LogP contribution in [0.5, 0.6) is 5.75 Å². The number of hydrogen-bond donors (Lipinski definition) is 2. The molecule has 1 atom stereocenters. The van der Waals surface area contributed by atoms with E-state index >= 15 is 0 Å². The number of para-hydroxylation sites is 1. The third kappa shape index (κ3) is 5.35. The molecule has 1 aliphatic rings. The molecule has 0 bridgehead atoms. The zero-order chi connectivity index (χ0) is 20.8. The lowest BCUT2D eigenvalue weighted by molar-refractivity contribution is -0.883. The highest BCUT2D eigenvalue weighted by molar-refractivity contribution is 6.04. The van der Waals surface area contributed by atoms with Crippen molar-refractivity contribution in [3.63, 3.8) is 0 Å². The minimum atomic E-state index is -0.683. The maximum atomic E-state index is 13.0. The Bertz CT molecular complexity index is 843. The van der Waals surface area contributed by atoms with Gasteiger partial charge in [-0.1, -0.05) is 31.2 Å². The zero-order valence-corrected chi connectivity index (χ0v) is 17.4. The molecule has 1 aliphatic heterocycles. The normalized spacial score (nSPS) is 15.6. The summed E-state index contributed by atoms with van der Waals surface area (Å²) in [7, 11) is 2.13. The van der Waals surface area contributed by atoms with Gasteiger partial charge in [-0.25, -0.2) is 0 Å². The van der Waals surface area contributed by atoms with Gasteiger partial charge in [0.15, 0.2) is 6.10 Å². The molecule has 0 spiro atoms. The van der Waals surface area contributed by atoms with E-state index in [1.54, 1.807) is 19.1 Å². The van der Waals surface area contributed by atoms with Crippen LogP contribution in [0.1, 0.15) is 29.8 Å². The van der Waals surface area contributed by atoms with Gasteiger partial charge in [0.2, 0.25) is 0 Å². The van der Waals surface area contributed by atoms with Gasteiger partial charge in [0.1, 0.15) is 5.75 Å². The van der Waals surface area contributed by atoms with Crippen LogP contribution in [-0.4, -0.2) is 56.0 Å². The first-order valence-electron chi connectivity index (χ1n) is 10.2. The Morgan fingerprint density at radius 1 is 1.10 bits per heavy atom. The summed E-state index contributed by atoms with van der Waals surface area (Å²) in [5.41, 5.74) is 2.25. The molecule has 6 nitrogen and oxygen atoms in total. The van der Waals surface area contributed by atoms with E-state index in [1.807, 2.05) is 41.3 Å². The number of rotatable bonds is 6. The summed E-state index contributed by atoms with van der Waals surface area (Å²) < 4.78 is 5.77. The number of carbonyl (C=O) groups excluding carboxylic acids is 2. The van der Waals surface area contributed by atoms with Crippen molar-refractivity contribution >= 4 is 17.5 Å². The smallest absolute Gasteiger partial charge is 0.265 e. The summed E-state index contributed by atoms with van der Waals surface area (Å²) in [5.74, 6) is 0.318. The highest BCUT2D eigenvalue weighted by Gasteiger charge is 2.25. The van der Waals surface area contributed by atoms with Crippen LogP contribution in [0.4, 0.5) is 5.69 Å². The molecule has 2 amide bonds. The molecule has 0 aromatic heterocycles. The molecule has 29 heavy (non-hydrogen) atoms. The largest absolute Gasteiger partial charge is 0.481 e. The van der Waals surface area contributed by atoms with Crippen molar-refractivity contribution in [1.29, 1.82) is 0 Å². The predicted molar refractivity (Wildman–Crippen MR) is 114 cm³/mol. The summed E-state index contributed by atoms with van der Waals surface area (Å²) in [6.45, 7) is 7.11. The molecule has 2 N–H and O–H groups in total. The molecular formula is C23H30N3O3+. The SMILES string of the molecule is CCc1ccc(O[C@@H](C)C(=O)Nc2ccccc2C(=O)N2CC[NH+](C)CC2)cc1. The first kappa shape index (κ1) is 20.9. The number of carbonyl (C=O) groups is 2. The number of nitrogens with one attached hydrogen (secondary N) is 2. The number of hydrogen-bond acceptors (Lipinski definition) is 3. The lowest BCUT2D eigenvalue weighted by Crippen LogP contribution is -3.12. The van der Waals surface area contributed by atoms with Crippen LogP contribution in [-0.2, 0) is 11.2 Å². The molecule has 1 fully saturated rings. The lowest BCUT2D eigenvalue weighted by Gasteiger charge is -2.30. The Balaban J connectivity index is 1.66. The van der Waals surface area contributed by atoms with Gasteiger partial charge in [-0.2, -0.15) is 0 Å². The van der Waals surface area contributed by atoms with Crippen LogP contribution in [0.2, 0.25) is 0 Å². The van der Waals surface area contributed by atoms with E-state index in [1.165, 1.54) is 10.5 Å². The molecule has 1 heterocycles. The van der Waals surface area contributed by atoms with Crippen molar-refractivity contribution in [2.45, 2.75) is 26.4 Å². The van der Waals surface area contributed by atoms with Crippen molar-refractivity contribution in [3.05, 3.63) is 59.7 Å². The van der Waals surface area contributed by atoms with Crippen LogP contribution in [0.3, 0.4) is 0 Å². The maximum Gasteiger partial charge on any atom is 0.265 e. The Kier molecular flexibility index (Phi) is 6.88. The minimum absolute atomic E-state index is 0.0443. The second-order valence-electron chi connectivity index (χ2n) is 7.54. The van der Waals surface area contributed by atoms with E-state index in [-0.39, 0.29) is 11.8 Å². The van der Waals surface area contributed by atoms with Gasteiger partial charge in [-0.3, -0.25) is 9.59 Å². The van der Waals surface area contributed by atoms with Crippen LogP contribution in [0.15, 0.2) is 48.5 Å².